The molecule has 0 saturated carbocycles. The Bertz CT molecular complexity index is 1560. The molecular weight excluding hydrogens is 549 g/mol. The number of likely N-dealkylation sites (tertiary alicyclic amines) is 1. The number of piperazine rings is 1. The van der Waals surface area contributed by atoms with Crippen LogP contribution in [0, 0.1) is 6.92 Å². The maximum Gasteiger partial charge on any atom is 0.401 e. The van der Waals surface area contributed by atoms with Gasteiger partial charge in [-0.15, -0.1) is 0 Å². The summed E-state index contributed by atoms with van der Waals surface area (Å²) in [6, 6.07) is 3.63. The van der Waals surface area contributed by atoms with Crippen LogP contribution in [-0.4, -0.2) is 93.5 Å². The zero-order valence-electron chi connectivity index (χ0n) is 23.7. The summed E-state index contributed by atoms with van der Waals surface area (Å²) in [5, 5.41) is 8.23. The molecule has 1 aromatic carbocycles. The monoisotopic (exact) mass is 584 g/mol. The molecule has 42 heavy (non-hydrogen) atoms. The standard InChI is InChI=1S/C29H35F3N8O2/c1-3-25(41)36-11-13-37(14-12-36)27-21-8-10-38(26-19(2)6-7-23-22(26)15-33-35-23)17-24(21)40(28(42)34-27)16-20-5-4-9-39(20)18-29(30,31)32/h3,6-7,15,20H,1,4-5,8-14,16-18H2,2H3,(H,33,35)/t20-/m0/s1. The Labute approximate surface area is 241 Å². The molecule has 0 spiro atoms. The van der Waals surface area contributed by atoms with E-state index in [4.69, 9.17) is 0 Å². The van der Waals surface area contributed by atoms with E-state index in [2.05, 4.69) is 31.6 Å². The molecule has 224 valence electrons. The van der Waals surface area contributed by atoms with Crippen molar-refractivity contribution in [1.82, 2.24) is 29.5 Å². The van der Waals surface area contributed by atoms with Gasteiger partial charge in [-0.1, -0.05) is 12.6 Å². The first-order valence-corrected chi connectivity index (χ1v) is 14.4. The molecule has 6 rings (SSSR count). The SMILES string of the molecule is C=CC(=O)N1CCN(c2nc(=O)n(C[C@@H]3CCCN3CC(F)(F)F)c3c2CCN(c2c(C)ccc4[nH]ncc24)C3)CC1. The second kappa shape index (κ2) is 11.1. The van der Waals surface area contributed by atoms with Crippen LogP contribution < -0.4 is 15.5 Å². The minimum atomic E-state index is -4.30. The second-order valence-corrected chi connectivity index (χ2v) is 11.4. The highest BCUT2D eigenvalue weighted by atomic mass is 19.4. The number of aromatic amines is 1. The number of aromatic nitrogens is 4. The Hall–Kier alpha value is -3.87. The third kappa shape index (κ3) is 5.37. The van der Waals surface area contributed by atoms with E-state index in [1.807, 2.05) is 19.1 Å². The van der Waals surface area contributed by atoms with E-state index in [-0.39, 0.29) is 12.5 Å². The van der Waals surface area contributed by atoms with Gasteiger partial charge in [-0.3, -0.25) is 19.4 Å². The number of aryl methyl sites for hydroxylation is 1. The number of H-pyrrole nitrogens is 1. The van der Waals surface area contributed by atoms with Crippen molar-refractivity contribution in [3.05, 3.63) is 58.3 Å². The fourth-order valence-electron chi connectivity index (χ4n) is 6.76. The van der Waals surface area contributed by atoms with Crippen LogP contribution in [0.1, 0.15) is 29.7 Å². The Kier molecular flexibility index (Phi) is 7.46. The van der Waals surface area contributed by atoms with Gasteiger partial charge in [0.05, 0.1) is 30.5 Å². The average Bonchev–Trinajstić information content (AvgIpc) is 3.62. The summed E-state index contributed by atoms with van der Waals surface area (Å²) < 4.78 is 41.6. The maximum atomic E-state index is 13.7. The zero-order chi connectivity index (χ0) is 29.6. The maximum absolute atomic E-state index is 13.7. The van der Waals surface area contributed by atoms with Crippen LogP contribution in [0.25, 0.3) is 10.9 Å². The Balaban J connectivity index is 1.38. The summed E-state index contributed by atoms with van der Waals surface area (Å²) >= 11 is 0. The van der Waals surface area contributed by atoms with Crippen LogP contribution in [0.3, 0.4) is 0 Å². The van der Waals surface area contributed by atoms with E-state index < -0.39 is 24.5 Å². The number of nitrogens with zero attached hydrogens (tertiary/aromatic N) is 7. The van der Waals surface area contributed by atoms with Crippen LogP contribution in [0.4, 0.5) is 24.7 Å². The van der Waals surface area contributed by atoms with Gasteiger partial charge in [-0.25, -0.2) is 4.79 Å². The van der Waals surface area contributed by atoms with Crippen molar-refractivity contribution in [2.75, 3.05) is 55.6 Å². The fraction of sp³-hybridized carbons (Fsp3) is 0.517. The second-order valence-electron chi connectivity index (χ2n) is 11.4. The first-order valence-electron chi connectivity index (χ1n) is 14.4. The van der Waals surface area contributed by atoms with E-state index in [1.54, 1.807) is 15.7 Å². The predicted octanol–water partition coefficient (Wildman–Crippen LogP) is 2.85. The predicted molar refractivity (Wildman–Crippen MR) is 154 cm³/mol. The van der Waals surface area contributed by atoms with Crippen molar-refractivity contribution in [2.45, 2.75) is 51.5 Å². The molecule has 0 bridgehead atoms. The number of hydrogen-bond donors (Lipinski definition) is 1. The highest BCUT2D eigenvalue weighted by Crippen LogP contribution is 2.35. The number of carbonyl (C=O) groups is 1. The normalized spacial score (nSPS) is 19.9. The molecule has 5 heterocycles. The van der Waals surface area contributed by atoms with E-state index in [0.717, 1.165) is 33.4 Å². The third-order valence-electron chi connectivity index (χ3n) is 8.80. The van der Waals surface area contributed by atoms with Crippen LogP contribution in [-0.2, 0) is 24.3 Å². The summed E-state index contributed by atoms with van der Waals surface area (Å²) in [4.78, 5) is 37.8. The number of amides is 1. The molecular formula is C29H35F3N8O2. The van der Waals surface area contributed by atoms with Crippen LogP contribution in [0.5, 0.6) is 0 Å². The molecule has 2 aromatic heterocycles. The van der Waals surface area contributed by atoms with Gasteiger partial charge in [0.2, 0.25) is 5.91 Å². The topological polar surface area (TPSA) is 93.6 Å². The van der Waals surface area contributed by atoms with E-state index >= 15 is 0 Å². The van der Waals surface area contributed by atoms with Crippen molar-refractivity contribution in [2.24, 2.45) is 0 Å². The molecule has 3 aliphatic heterocycles. The number of benzene rings is 1. The molecule has 13 heteroatoms. The molecule has 0 aliphatic carbocycles. The highest BCUT2D eigenvalue weighted by molar-refractivity contribution is 5.93. The lowest BCUT2D eigenvalue weighted by molar-refractivity contribution is -0.148. The van der Waals surface area contributed by atoms with Gasteiger partial charge in [-0.2, -0.15) is 23.3 Å². The number of rotatable bonds is 6. The van der Waals surface area contributed by atoms with E-state index in [9.17, 15) is 22.8 Å². The number of alkyl halides is 3. The van der Waals surface area contributed by atoms with E-state index in [1.165, 1.54) is 11.0 Å². The molecule has 3 aromatic rings. The molecule has 0 radical (unpaired) electrons. The summed E-state index contributed by atoms with van der Waals surface area (Å²) in [7, 11) is 0. The van der Waals surface area contributed by atoms with Crippen molar-refractivity contribution in [3.8, 4) is 0 Å². The van der Waals surface area contributed by atoms with Gasteiger partial charge < -0.3 is 14.7 Å². The zero-order valence-corrected chi connectivity index (χ0v) is 23.7. The summed E-state index contributed by atoms with van der Waals surface area (Å²) in [6.45, 7) is 8.30. The van der Waals surface area contributed by atoms with Crippen molar-refractivity contribution in [1.29, 1.82) is 0 Å². The first-order chi connectivity index (χ1) is 20.1. The van der Waals surface area contributed by atoms with Gasteiger partial charge >= 0.3 is 11.9 Å². The highest BCUT2D eigenvalue weighted by Gasteiger charge is 2.37. The average molecular weight is 585 g/mol. The first kappa shape index (κ1) is 28.3. The Morgan fingerprint density at radius 3 is 2.67 bits per heavy atom. The number of hydrogen-bond acceptors (Lipinski definition) is 7. The van der Waals surface area contributed by atoms with Crippen LogP contribution in [0.15, 0.2) is 35.8 Å². The van der Waals surface area contributed by atoms with Crippen molar-refractivity contribution < 1.29 is 18.0 Å². The lowest BCUT2D eigenvalue weighted by atomic mass is 10.0. The lowest BCUT2D eigenvalue weighted by Crippen LogP contribution is -2.50. The van der Waals surface area contributed by atoms with Crippen LogP contribution >= 0.6 is 0 Å². The lowest BCUT2D eigenvalue weighted by Gasteiger charge is -2.39. The Morgan fingerprint density at radius 1 is 1.14 bits per heavy atom. The molecule has 1 amide bonds. The van der Waals surface area contributed by atoms with Crippen molar-refractivity contribution in [3.63, 3.8) is 0 Å². The number of anilines is 2. The fourth-order valence-corrected chi connectivity index (χ4v) is 6.76. The summed E-state index contributed by atoms with van der Waals surface area (Å²) in [5.41, 5.74) is 4.31. The minimum absolute atomic E-state index is 0.125. The molecule has 10 nitrogen and oxygen atoms in total. The number of nitrogens with one attached hydrogen (secondary N) is 1. The quantitative estimate of drug-likeness (QED) is 0.446. The number of carbonyl (C=O) groups excluding carboxylic acids is 1. The molecule has 3 aliphatic rings. The molecule has 0 unspecified atom stereocenters. The molecule has 1 N–H and O–H groups in total. The Morgan fingerprint density at radius 2 is 1.93 bits per heavy atom. The van der Waals surface area contributed by atoms with E-state index in [0.29, 0.717) is 70.9 Å². The van der Waals surface area contributed by atoms with Gasteiger partial charge in [0, 0.05) is 62.0 Å². The van der Waals surface area contributed by atoms with Gasteiger partial charge in [0.1, 0.15) is 5.82 Å². The third-order valence-corrected chi connectivity index (χ3v) is 8.80. The molecule has 2 fully saturated rings. The minimum Gasteiger partial charge on any atom is -0.365 e. The largest absolute Gasteiger partial charge is 0.401 e. The van der Waals surface area contributed by atoms with Gasteiger partial charge in [0.15, 0.2) is 0 Å². The number of halogens is 3. The van der Waals surface area contributed by atoms with Gasteiger partial charge in [0.25, 0.3) is 0 Å². The van der Waals surface area contributed by atoms with Gasteiger partial charge in [-0.05, 0) is 50.4 Å². The summed E-state index contributed by atoms with van der Waals surface area (Å²) in [6.07, 6.45) is 0.672. The smallest absolute Gasteiger partial charge is 0.365 e. The van der Waals surface area contributed by atoms with Crippen LogP contribution in [0.2, 0.25) is 0 Å². The molecule has 1 atom stereocenters. The summed E-state index contributed by atoms with van der Waals surface area (Å²) in [5.74, 6) is 0.493. The number of fused-ring (bicyclic) bond motifs is 2. The molecule has 2 saturated heterocycles. The van der Waals surface area contributed by atoms with Crippen molar-refractivity contribution >= 4 is 28.3 Å².